The van der Waals surface area contributed by atoms with E-state index in [-0.39, 0.29) is 5.91 Å². The summed E-state index contributed by atoms with van der Waals surface area (Å²) in [4.78, 5) is 12.3. The molecule has 108 valence electrons. The maximum atomic E-state index is 12.3. The lowest BCUT2D eigenvalue weighted by Crippen LogP contribution is -2.15. The molecule has 0 aromatic heterocycles. The minimum Gasteiger partial charge on any atom is -0.411 e. The van der Waals surface area contributed by atoms with Crippen molar-refractivity contribution in [3.05, 3.63) is 63.1 Å². The van der Waals surface area contributed by atoms with Crippen molar-refractivity contribution in [2.24, 2.45) is 5.16 Å². The number of hydrogen-bond donors (Lipinski definition) is 2. The Bertz CT molecular complexity index is 717. The average molecular weight is 368 g/mol. The summed E-state index contributed by atoms with van der Waals surface area (Å²) in [5.74, 6) is -0.334. The molecular weight excluding hydrogens is 356 g/mol. The molecule has 0 aliphatic carbocycles. The van der Waals surface area contributed by atoms with E-state index in [0.29, 0.717) is 32.0 Å². The quantitative estimate of drug-likeness (QED) is 0.475. The van der Waals surface area contributed by atoms with E-state index in [1.165, 1.54) is 0 Å². The Morgan fingerprint density at radius 2 is 1.86 bits per heavy atom. The molecule has 4 nitrogen and oxygen atoms in total. The minimum atomic E-state index is -0.334. The lowest BCUT2D eigenvalue weighted by molar-refractivity contribution is 0.102. The van der Waals surface area contributed by atoms with Crippen LogP contribution >= 0.6 is 27.5 Å². The van der Waals surface area contributed by atoms with E-state index >= 15 is 0 Å². The van der Waals surface area contributed by atoms with Gasteiger partial charge >= 0.3 is 0 Å². The highest BCUT2D eigenvalue weighted by Gasteiger charge is 2.14. The van der Waals surface area contributed by atoms with Crippen LogP contribution in [0.4, 0.5) is 5.69 Å². The van der Waals surface area contributed by atoms with Crippen LogP contribution in [0.2, 0.25) is 5.02 Å². The van der Waals surface area contributed by atoms with Crippen molar-refractivity contribution in [1.29, 1.82) is 0 Å². The van der Waals surface area contributed by atoms with Gasteiger partial charge in [0.15, 0.2) is 0 Å². The highest BCUT2D eigenvalue weighted by Crippen LogP contribution is 2.27. The summed E-state index contributed by atoms with van der Waals surface area (Å²) in [6.07, 6.45) is 0. The number of halogens is 2. The Labute approximate surface area is 135 Å². The molecule has 0 fully saturated rings. The van der Waals surface area contributed by atoms with Gasteiger partial charge in [0.2, 0.25) is 0 Å². The van der Waals surface area contributed by atoms with Gasteiger partial charge in [0.05, 0.1) is 22.0 Å². The summed E-state index contributed by atoms with van der Waals surface area (Å²) < 4.78 is 0.651. The molecule has 2 aromatic rings. The van der Waals surface area contributed by atoms with Gasteiger partial charge < -0.3 is 10.5 Å². The molecule has 1 amide bonds. The van der Waals surface area contributed by atoms with Gasteiger partial charge in [-0.1, -0.05) is 41.0 Å². The zero-order valence-electron chi connectivity index (χ0n) is 11.1. The molecule has 2 N–H and O–H groups in total. The molecule has 2 rings (SSSR count). The van der Waals surface area contributed by atoms with Crippen LogP contribution in [0.3, 0.4) is 0 Å². The van der Waals surface area contributed by atoms with E-state index in [0.717, 1.165) is 0 Å². The Kier molecular flexibility index (Phi) is 4.98. The summed E-state index contributed by atoms with van der Waals surface area (Å²) in [7, 11) is 0. The number of oxime groups is 1. The summed E-state index contributed by atoms with van der Waals surface area (Å²) in [6.45, 7) is 1.65. The Morgan fingerprint density at radius 3 is 2.57 bits per heavy atom. The lowest BCUT2D eigenvalue weighted by Gasteiger charge is -2.11. The molecule has 0 aliphatic heterocycles. The molecule has 0 saturated carbocycles. The summed E-state index contributed by atoms with van der Waals surface area (Å²) in [5, 5.41) is 15.2. The first kappa shape index (κ1) is 15.5. The predicted octanol–water partition coefficient (Wildman–Crippen LogP) is 4.55. The number of nitrogens with one attached hydrogen (secondary N) is 1. The Hall–Kier alpha value is -1.85. The normalized spacial score (nSPS) is 11.3. The van der Waals surface area contributed by atoms with Crippen molar-refractivity contribution in [1.82, 2.24) is 0 Å². The second-order valence-corrected chi connectivity index (χ2v) is 5.52. The first-order valence-electron chi connectivity index (χ1n) is 6.08. The highest BCUT2D eigenvalue weighted by molar-refractivity contribution is 9.10. The fraction of sp³-hybridized carbons (Fsp3) is 0.0667. The lowest BCUT2D eigenvalue weighted by atomic mass is 10.1. The van der Waals surface area contributed by atoms with Crippen molar-refractivity contribution in [2.75, 3.05) is 5.32 Å². The van der Waals surface area contributed by atoms with Crippen LogP contribution in [0, 0.1) is 0 Å². The average Bonchev–Trinajstić information content (AvgIpc) is 2.49. The van der Waals surface area contributed by atoms with Crippen LogP contribution in [0.15, 0.2) is 52.1 Å². The first-order valence-corrected chi connectivity index (χ1v) is 7.25. The molecule has 0 bridgehead atoms. The van der Waals surface area contributed by atoms with Crippen LogP contribution in [0.25, 0.3) is 0 Å². The van der Waals surface area contributed by atoms with Gasteiger partial charge in [0, 0.05) is 10.0 Å². The number of rotatable bonds is 3. The maximum Gasteiger partial charge on any atom is 0.257 e. The maximum absolute atomic E-state index is 12.3. The van der Waals surface area contributed by atoms with Crippen LogP contribution in [-0.2, 0) is 0 Å². The molecule has 0 radical (unpaired) electrons. The van der Waals surface area contributed by atoms with Crippen molar-refractivity contribution < 1.29 is 10.0 Å². The Morgan fingerprint density at radius 1 is 1.19 bits per heavy atom. The van der Waals surface area contributed by atoms with Crippen molar-refractivity contribution in [3.63, 3.8) is 0 Å². The van der Waals surface area contributed by atoms with Gasteiger partial charge in [-0.15, -0.1) is 0 Å². The van der Waals surface area contributed by atoms with Crippen molar-refractivity contribution in [3.8, 4) is 0 Å². The van der Waals surface area contributed by atoms with E-state index in [1.54, 1.807) is 49.4 Å². The minimum absolute atomic E-state index is 0.334. The molecule has 0 heterocycles. The molecule has 21 heavy (non-hydrogen) atoms. The van der Waals surface area contributed by atoms with E-state index in [9.17, 15) is 4.79 Å². The first-order chi connectivity index (χ1) is 10.0. The number of carbonyl (C=O) groups excluding carboxylic acids is 1. The van der Waals surface area contributed by atoms with Crippen LogP contribution in [0.1, 0.15) is 22.8 Å². The van der Waals surface area contributed by atoms with E-state index in [1.807, 2.05) is 0 Å². The number of benzene rings is 2. The van der Waals surface area contributed by atoms with Gasteiger partial charge in [-0.2, -0.15) is 0 Å². The zero-order chi connectivity index (χ0) is 15.4. The third-order valence-corrected chi connectivity index (χ3v) is 4.21. The molecule has 2 aromatic carbocycles. The molecule has 0 saturated heterocycles. The summed E-state index contributed by atoms with van der Waals surface area (Å²) in [5.41, 5.74) is 1.96. The van der Waals surface area contributed by atoms with Crippen LogP contribution in [-0.4, -0.2) is 16.8 Å². The number of nitrogens with zero attached hydrogens (tertiary/aromatic N) is 1. The van der Waals surface area contributed by atoms with E-state index < -0.39 is 0 Å². The SMILES string of the molecule is C/C(=N/O)c1ccccc1NC(=O)c1cccc(Br)c1Cl. The number of para-hydroxylation sites is 1. The van der Waals surface area contributed by atoms with Crippen molar-refractivity contribution >= 4 is 44.8 Å². The highest BCUT2D eigenvalue weighted by atomic mass is 79.9. The number of carbonyl (C=O) groups is 1. The molecule has 0 aliphatic rings. The number of amides is 1. The molecular formula is C15H12BrClN2O2. The third kappa shape index (κ3) is 3.43. The second-order valence-electron chi connectivity index (χ2n) is 4.29. The van der Waals surface area contributed by atoms with Gasteiger partial charge in [-0.3, -0.25) is 4.79 Å². The largest absolute Gasteiger partial charge is 0.411 e. The molecule has 0 atom stereocenters. The topological polar surface area (TPSA) is 61.7 Å². The van der Waals surface area contributed by atoms with E-state index in [4.69, 9.17) is 16.8 Å². The van der Waals surface area contributed by atoms with Gasteiger partial charge in [0.25, 0.3) is 5.91 Å². The Balaban J connectivity index is 2.35. The smallest absolute Gasteiger partial charge is 0.257 e. The molecule has 0 spiro atoms. The second kappa shape index (κ2) is 6.74. The fourth-order valence-corrected chi connectivity index (χ4v) is 2.41. The molecule has 6 heteroatoms. The fourth-order valence-electron chi connectivity index (χ4n) is 1.83. The number of anilines is 1. The van der Waals surface area contributed by atoms with Gasteiger partial charge in [0.1, 0.15) is 0 Å². The zero-order valence-corrected chi connectivity index (χ0v) is 13.4. The summed E-state index contributed by atoms with van der Waals surface area (Å²) in [6, 6.07) is 12.2. The van der Waals surface area contributed by atoms with Crippen LogP contribution in [0.5, 0.6) is 0 Å². The van der Waals surface area contributed by atoms with Crippen molar-refractivity contribution in [2.45, 2.75) is 6.92 Å². The van der Waals surface area contributed by atoms with Crippen LogP contribution < -0.4 is 5.32 Å². The standard InChI is InChI=1S/C15H12BrClN2O2/c1-9(19-21)10-5-2-3-8-13(10)18-15(20)11-6-4-7-12(16)14(11)17/h2-8,21H,1H3,(H,18,20)/b19-9-. The van der Waals surface area contributed by atoms with Gasteiger partial charge in [-0.25, -0.2) is 0 Å². The number of hydrogen-bond acceptors (Lipinski definition) is 3. The van der Waals surface area contributed by atoms with E-state index in [2.05, 4.69) is 26.4 Å². The third-order valence-electron chi connectivity index (χ3n) is 2.91. The molecule has 0 unspecified atom stereocenters. The van der Waals surface area contributed by atoms with Gasteiger partial charge in [-0.05, 0) is 41.1 Å². The summed E-state index contributed by atoms with van der Waals surface area (Å²) >= 11 is 9.40. The monoisotopic (exact) mass is 366 g/mol. The predicted molar refractivity (Wildman–Crippen MR) is 87.5 cm³/mol.